The van der Waals surface area contributed by atoms with Crippen LogP contribution in [0.2, 0.25) is 0 Å². The lowest BCUT2D eigenvalue weighted by atomic mass is 10.0. The number of carbonyl (C=O) groups excluding carboxylic acids is 1. The summed E-state index contributed by atoms with van der Waals surface area (Å²) in [6.07, 6.45) is 0.902. The van der Waals surface area contributed by atoms with E-state index in [4.69, 9.17) is 4.74 Å². The first-order chi connectivity index (χ1) is 18.0. The molecule has 4 aromatic carbocycles. The Kier molecular flexibility index (Phi) is 5.93. The first kappa shape index (κ1) is 23.3. The first-order valence-electron chi connectivity index (χ1n) is 12.3. The molecule has 1 saturated carbocycles. The lowest BCUT2D eigenvalue weighted by molar-refractivity contribution is 0.0949. The molecule has 0 bridgehead atoms. The second kappa shape index (κ2) is 9.41. The van der Waals surface area contributed by atoms with E-state index in [2.05, 4.69) is 17.4 Å². The van der Waals surface area contributed by atoms with Gasteiger partial charge in [0.2, 0.25) is 0 Å². The van der Waals surface area contributed by atoms with E-state index in [9.17, 15) is 13.2 Å². The van der Waals surface area contributed by atoms with Gasteiger partial charge in [-0.3, -0.25) is 9.10 Å². The lowest BCUT2D eigenvalue weighted by Gasteiger charge is -2.38. The van der Waals surface area contributed by atoms with Crippen LogP contribution in [0.1, 0.15) is 39.9 Å². The Morgan fingerprint density at radius 2 is 1.43 bits per heavy atom. The van der Waals surface area contributed by atoms with Crippen LogP contribution >= 0.6 is 0 Å². The van der Waals surface area contributed by atoms with Crippen LogP contribution in [0.4, 0.5) is 5.69 Å². The van der Waals surface area contributed by atoms with Crippen molar-refractivity contribution in [2.75, 3.05) is 10.9 Å². The molecule has 6 rings (SSSR count). The van der Waals surface area contributed by atoms with Gasteiger partial charge in [0.15, 0.2) is 0 Å². The predicted molar refractivity (Wildman–Crippen MR) is 142 cm³/mol. The third-order valence-electron chi connectivity index (χ3n) is 6.96. The molecule has 0 aromatic heterocycles. The Morgan fingerprint density at radius 1 is 0.811 bits per heavy atom. The number of sulfonamides is 1. The van der Waals surface area contributed by atoms with Gasteiger partial charge >= 0.3 is 0 Å². The van der Waals surface area contributed by atoms with Gasteiger partial charge in [0.05, 0.1) is 10.6 Å². The van der Waals surface area contributed by atoms with Gasteiger partial charge < -0.3 is 10.1 Å². The molecular formula is C30H26N2O4S. The van der Waals surface area contributed by atoms with Crippen molar-refractivity contribution in [3.63, 3.8) is 0 Å². The molecule has 0 radical (unpaired) electrons. The Hall–Kier alpha value is -4.10. The molecule has 1 unspecified atom stereocenters. The second-order valence-corrected chi connectivity index (χ2v) is 11.2. The molecule has 1 N–H and O–H groups in total. The fraction of sp³-hybridized carbons (Fsp3) is 0.167. The molecule has 37 heavy (non-hydrogen) atoms. The quantitative estimate of drug-likeness (QED) is 0.382. The summed E-state index contributed by atoms with van der Waals surface area (Å²) in [5, 5.41) is 3.10. The van der Waals surface area contributed by atoms with Crippen LogP contribution in [0.3, 0.4) is 0 Å². The van der Waals surface area contributed by atoms with E-state index in [1.165, 1.54) is 9.87 Å². The molecule has 1 amide bonds. The molecule has 1 aliphatic heterocycles. The molecule has 0 spiro atoms. The van der Waals surface area contributed by atoms with E-state index in [0.717, 1.165) is 12.0 Å². The van der Waals surface area contributed by atoms with Crippen molar-refractivity contribution >= 4 is 21.6 Å². The molecule has 7 heteroatoms. The number of ether oxygens (including phenoxy) is 1. The maximum Gasteiger partial charge on any atom is 0.265 e. The van der Waals surface area contributed by atoms with Crippen LogP contribution in [0.5, 0.6) is 5.75 Å². The van der Waals surface area contributed by atoms with Gasteiger partial charge in [-0.25, -0.2) is 8.42 Å². The summed E-state index contributed by atoms with van der Waals surface area (Å²) >= 11 is 0. The van der Waals surface area contributed by atoms with E-state index in [1.54, 1.807) is 48.5 Å². The van der Waals surface area contributed by atoms with E-state index in [1.807, 2.05) is 48.5 Å². The molecule has 186 valence electrons. The van der Waals surface area contributed by atoms with Crippen molar-refractivity contribution in [3.05, 3.63) is 126 Å². The van der Waals surface area contributed by atoms with Crippen LogP contribution in [-0.4, -0.2) is 27.0 Å². The zero-order valence-corrected chi connectivity index (χ0v) is 20.8. The maximum absolute atomic E-state index is 13.9. The van der Waals surface area contributed by atoms with E-state index in [0.29, 0.717) is 22.9 Å². The fourth-order valence-electron chi connectivity index (χ4n) is 4.94. The molecule has 6 nitrogen and oxygen atoms in total. The summed E-state index contributed by atoms with van der Waals surface area (Å²) in [6.45, 7) is 0.132. The van der Waals surface area contributed by atoms with Gasteiger partial charge in [0.25, 0.3) is 15.9 Å². The fourth-order valence-corrected chi connectivity index (χ4v) is 6.60. The highest BCUT2D eigenvalue weighted by Crippen LogP contribution is 2.44. The first-order valence-corrected chi connectivity index (χ1v) is 13.7. The average molecular weight is 511 g/mol. The Morgan fingerprint density at radius 3 is 2.11 bits per heavy atom. The van der Waals surface area contributed by atoms with Crippen LogP contribution in [0.15, 0.2) is 114 Å². The summed E-state index contributed by atoms with van der Waals surface area (Å²) in [5.74, 6) is 0.490. The lowest BCUT2D eigenvalue weighted by Crippen LogP contribution is -2.41. The van der Waals surface area contributed by atoms with Crippen molar-refractivity contribution in [2.24, 2.45) is 0 Å². The van der Waals surface area contributed by atoms with Crippen molar-refractivity contribution in [1.29, 1.82) is 0 Å². The van der Waals surface area contributed by atoms with Crippen molar-refractivity contribution in [2.45, 2.75) is 29.3 Å². The van der Waals surface area contributed by atoms with Crippen LogP contribution in [0.25, 0.3) is 0 Å². The zero-order chi connectivity index (χ0) is 25.4. The molecule has 2 aliphatic rings. The van der Waals surface area contributed by atoms with Gasteiger partial charge in [-0.05, 0) is 47.9 Å². The molecular weight excluding hydrogens is 484 g/mol. The number of hydrogen-bond acceptors (Lipinski definition) is 4. The van der Waals surface area contributed by atoms with E-state index in [-0.39, 0.29) is 23.5 Å². The van der Waals surface area contributed by atoms with Gasteiger partial charge in [-0.15, -0.1) is 0 Å². The Bertz CT molecular complexity index is 1530. The van der Waals surface area contributed by atoms with Crippen LogP contribution in [0, 0.1) is 0 Å². The van der Waals surface area contributed by atoms with Gasteiger partial charge in [0, 0.05) is 17.5 Å². The summed E-state index contributed by atoms with van der Waals surface area (Å²) in [4.78, 5) is 13.2. The van der Waals surface area contributed by atoms with Crippen molar-refractivity contribution in [3.8, 4) is 5.75 Å². The number of fused-ring (bicyclic) bond motifs is 1. The molecule has 0 saturated heterocycles. The Balaban J connectivity index is 1.31. The molecule has 3 atom stereocenters. The third kappa shape index (κ3) is 4.47. The highest BCUT2D eigenvalue weighted by atomic mass is 32.2. The van der Waals surface area contributed by atoms with Crippen molar-refractivity contribution < 1.29 is 17.9 Å². The number of nitrogens with zero attached hydrogens (tertiary/aromatic N) is 1. The van der Waals surface area contributed by atoms with Crippen LogP contribution < -0.4 is 14.4 Å². The highest BCUT2D eigenvalue weighted by Gasteiger charge is 2.41. The number of nitrogens with one attached hydrogen (secondary N) is 1. The minimum Gasteiger partial charge on any atom is -0.489 e. The monoisotopic (exact) mass is 510 g/mol. The van der Waals surface area contributed by atoms with Gasteiger partial charge in [-0.1, -0.05) is 78.9 Å². The van der Waals surface area contributed by atoms with Crippen LogP contribution in [-0.2, 0) is 10.0 Å². The number of amides is 1. The SMILES string of the molecule is O=C(N[C@@H]1C[C@H]1c1ccccc1)c1ccc2c(c1)OCC(c1ccccc1)N2S(=O)(=O)c1ccccc1. The normalized spacial score (nSPS) is 20.4. The maximum atomic E-state index is 13.9. The topological polar surface area (TPSA) is 75.7 Å². The molecule has 1 heterocycles. The minimum absolute atomic E-state index is 0.0873. The second-order valence-electron chi connectivity index (χ2n) is 9.37. The zero-order valence-electron chi connectivity index (χ0n) is 20.0. The van der Waals surface area contributed by atoms with E-state index < -0.39 is 16.1 Å². The summed E-state index contributed by atoms with van der Waals surface area (Å²) in [7, 11) is -3.90. The van der Waals surface area contributed by atoms with Gasteiger partial charge in [0.1, 0.15) is 18.4 Å². The largest absolute Gasteiger partial charge is 0.489 e. The third-order valence-corrected chi connectivity index (χ3v) is 8.80. The number of rotatable bonds is 6. The number of hydrogen-bond donors (Lipinski definition) is 1. The summed E-state index contributed by atoms with van der Waals surface area (Å²) < 4.78 is 35.2. The van der Waals surface area contributed by atoms with E-state index >= 15 is 0 Å². The van der Waals surface area contributed by atoms with Crippen molar-refractivity contribution in [1.82, 2.24) is 5.32 Å². The highest BCUT2D eigenvalue weighted by molar-refractivity contribution is 7.92. The number of anilines is 1. The van der Waals surface area contributed by atoms with Gasteiger partial charge in [-0.2, -0.15) is 0 Å². The smallest absolute Gasteiger partial charge is 0.265 e. The number of carbonyl (C=O) groups is 1. The number of benzene rings is 4. The standard InChI is InChI=1S/C30H26N2O4S/c33-30(31-26-19-25(26)21-10-4-1-5-11-21)23-16-17-27-29(18-23)36-20-28(22-12-6-2-7-13-22)32(27)37(34,35)24-14-8-3-9-15-24/h1-18,25-26,28H,19-20H2,(H,31,33)/t25-,26+,28?/m0/s1. The summed E-state index contributed by atoms with van der Waals surface area (Å²) in [6, 6.07) is 32.5. The summed E-state index contributed by atoms with van der Waals surface area (Å²) in [5.41, 5.74) is 2.90. The Labute approximate surface area is 216 Å². The molecule has 1 aliphatic carbocycles. The predicted octanol–water partition coefficient (Wildman–Crippen LogP) is 5.30. The molecule has 4 aromatic rings. The minimum atomic E-state index is -3.90. The molecule has 1 fully saturated rings. The average Bonchev–Trinajstić information content (AvgIpc) is 3.72.